The summed E-state index contributed by atoms with van der Waals surface area (Å²) in [5.41, 5.74) is 1.48. The molecular formula is C18H29N5OS. The van der Waals surface area contributed by atoms with Gasteiger partial charge in [-0.3, -0.25) is 0 Å². The second-order valence-corrected chi connectivity index (χ2v) is 7.93. The van der Waals surface area contributed by atoms with Crippen LogP contribution in [0.15, 0.2) is 11.6 Å². The molecule has 0 bridgehead atoms. The maximum Gasteiger partial charge on any atom is 0.315 e. The average Bonchev–Trinajstić information content (AvgIpc) is 2.86. The van der Waals surface area contributed by atoms with Crippen molar-refractivity contribution < 1.29 is 4.79 Å². The molecule has 2 amide bonds. The number of hydrogen-bond acceptors (Lipinski definition) is 4. The van der Waals surface area contributed by atoms with Crippen molar-refractivity contribution in [2.24, 2.45) is 0 Å². The molecule has 1 saturated heterocycles. The molecule has 0 spiro atoms. The summed E-state index contributed by atoms with van der Waals surface area (Å²) in [6, 6.07) is -0.0814. The van der Waals surface area contributed by atoms with Gasteiger partial charge in [0.2, 0.25) is 0 Å². The van der Waals surface area contributed by atoms with Crippen LogP contribution >= 0.6 is 11.8 Å². The molecule has 1 fully saturated rings. The fraction of sp³-hybridized carbons (Fsp3) is 0.722. The third kappa shape index (κ3) is 5.76. The van der Waals surface area contributed by atoms with Gasteiger partial charge < -0.3 is 15.2 Å². The van der Waals surface area contributed by atoms with Gasteiger partial charge in [-0.25, -0.2) is 4.79 Å². The number of nitrogens with one attached hydrogen (secondary N) is 2. The fourth-order valence-electron chi connectivity index (χ4n) is 3.37. The van der Waals surface area contributed by atoms with Crippen LogP contribution in [0.1, 0.15) is 50.2 Å². The molecule has 0 saturated carbocycles. The van der Waals surface area contributed by atoms with Crippen LogP contribution in [0.4, 0.5) is 4.79 Å². The Labute approximate surface area is 154 Å². The monoisotopic (exact) mass is 363 g/mol. The summed E-state index contributed by atoms with van der Waals surface area (Å²) in [4.78, 5) is 11.8. The van der Waals surface area contributed by atoms with Crippen LogP contribution < -0.4 is 10.6 Å². The van der Waals surface area contributed by atoms with Crippen LogP contribution in [-0.4, -0.2) is 45.4 Å². The summed E-state index contributed by atoms with van der Waals surface area (Å²) in [6.07, 6.45) is 11.0. The van der Waals surface area contributed by atoms with Crippen molar-refractivity contribution in [1.82, 2.24) is 25.4 Å². The lowest BCUT2D eigenvalue weighted by atomic mass is 10.1. The Balaban J connectivity index is 1.32. The number of carbonyl (C=O) groups is 1. The van der Waals surface area contributed by atoms with Gasteiger partial charge in [0.25, 0.3) is 0 Å². The van der Waals surface area contributed by atoms with Crippen molar-refractivity contribution >= 4 is 17.8 Å². The molecule has 2 aliphatic heterocycles. The van der Waals surface area contributed by atoms with Crippen LogP contribution in [0.25, 0.3) is 0 Å². The lowest BCUT2D eigenvalue weighted by Crippen LogP contribution is -2.36. The van der Waals surface area contributed by atoms with Crippen LogP contribution in [0.5, 0.6) is 0 Å². The molecule has 0 aromatic carbocycles. The van der Waals surface area contributed by atoms with Gasteiger partial charge in [-0.05, 0) is 43.6 Å². The standard InChI is InChI=1S/C18H29N5OS/c24-18(20-11-7-15-8-13-25-14-9-15)19-10-4-6-17-22-21-16-5-2-1-3-12-23(16)17/h7H,1-6,8-14H2,(H2,19,20,24). The van der Waals surface area contributed by atoms with Crippen LogP contribution in [-0.2, 0) is 19.4 Å². The molecule has 0 unspecified atom stereocenters. The lowest BCUT2D eigenvalue weighted by molar-refractivity contribution is 0.241. The van der Waals surface area contributed by atoms with E-state index in [0.717, 1.165) is 50.3 Å². The van der Waals surface area contributed by atoms with Gasteiger partial charge in [-0.15, -0.1) is 10.2 Å². The SMILES string of the molecule is O=C(NCC=C1CCSCC1)NCCCc1nnc2n1CCCCC2. The first-order valence-corrected chi connectivity index (χ1v) is 10.7. The predicted molar refractivity (Wildman–Crippen MR) is 102 cm³/mol. The highest BCUT2D eigenvalue weighted by Crippen LogP contribution is 2.21. The Bertz CT molecular complexity index is 590. The lowest BCUT2D eigenvalue weighted by Gasteiger charge is -2.13. The summed E-state index contributed by atoms with van der Waals surface area (Å²) in [5, 5.41) is 14.5. The first kappa shape index (κ1) is 18.3. The normalized spacial score (nSPS) is 17.5. The van der Waals surface area contributed by atoms with E-state index < -0.39 is 0 Å². The summed E-state index contributed by atoms with van der Waals surface area (Å²) in [7, 11) is 0. The third-order valence-electron chi connectivity index (χ3n) is 4.84. The molecule has 2 N–H and O–H groups in total. The number of carbonyl (C=O) groups excluding carboxylic acids is 1. The van der Waals surface area contributed by atoms with Crippen LogP contribution in [0.3, 0.4) is 0 Å². The third-order valence-corrected chi connectivity index (χ3v) is 5.82. The quantitative estimate of drug-likeness (QED) is 0.602. The Kier molecular flexibility index (Phi) is 7.21. The number of hydrogen-bond donors (Lipinski definition) is 2. The number of amides is 2. The van der Waals surface area contributed by atoms with Gasteiger partial charge in [0, 0.05) is 32.5 Å². The highest BCUT2D eigenvalue weighted by atomic mass is 32.2. The molecule has 3 heterocycles. The van der Waals surface area contributed by atoms with Crippen molar-refractivity contribution in [3.8, 4) is 0 Å². The largest absolute Gasteiger partial charge is 0.338 e. The molecule has 3 rings (SSSR count). The number of fused-ring (bicyclic) bond motifs is 1. The van der Waals surface area contributed by atoms with Crippen molar-refractivity contribution in [1.29, 1.82) is 0 Å². The molecule has 0 atom stereocenters. The molecule has 6 nitrogen and oxygen atoms in total. The molecule has 25 heavy (non-hydrogen) atoms. The summed E-state index contributed by atoms with van der Waals surface area (Å²) in [6.45, 7) is 2.34. The minimum Gasteiger partial charge on any atom is -0.338 e. The van der Waals surface area contributed by atoms with E-state index in [2.05, 4.69) is 31.5 Å². The Morgan fingerprint density at radius 3 is 2.88 bits per heavy atom. The van der Waals surface area contributed by atoms with Gasteiger partial charge in [0.15, 0.2) is 0 Å². The highest BCUT2D eigenvalue weighted by Gasteiger charge is 2.14. The highest BCUT2D eigenvalue weighted by molar-refractivity contribution is 7.99. The zero-order valence-corrected chi connectivity index (χ0v) is 15.7. The zero-order chi connectivity index (χ0) is 17.3. The van der Waals surface area contributed by atoms with E-state index in [1.807, 2.05) is 11.8 Å². The van der Waals surface area contributed by atoms with E-state index in [0.29, 0.717) is 13.1 Å². The Hall–Kier alpha value is -1.50. The second-order valence-electron chi connectivity index (χ2n) is 6.71. The molecule has 0 aliphatic carbocycles. The van der Waals surface area contributed by atoms with Gasteiger partial charge in [0.05, 0.1) is 0 Å². The number of allylic oxidation sites excluding steroid dienone is 1. The smallest absolute Gasteiger partial charge is 0.315 e. The topological polar surface area (TPSA) is 71.8 Å². The van der Waals surface area contributed by atoms with Crippen LogP contribution in [0, 0.1) is 0 Å². The first-order valence-electron chi connectivity index (χ1n) is 9.51. The van der Waals surface area contributed by atoms with Crippen molar-refractivity contribution in [2.75, 3.05) is 24.6 Å². The summed E-state index contributed by atoms with van der Waals surface area (Å²) >= 11 is 2.01. The molecular weight excluding hydrogens is 334 g/mol. The molecule has 1 aromatic rings. The second kappa shape index (κ2) is 9.85. The molecule has 0 radical (unpaired) electrons. The van der Waals surface area contributed by atoms with Crippen molar-refractivity contribution in [3.05, 3.63) is 23.3 Å². The minimum atomic E-state index is -0.0814. The maximum absolute atomic E-state index is 11.8. The molecule has 138 valence electrons. The summed E-state index contributed by atoms with van der Waals surface area (Å²) in [5.74, 6) is 4.63. The van der Waals surface area contributed by atoms with E-state index >= 15 is 0 Å². The van der Waals surface area contributed by atoms with Gasteiger partial charge in [-0.1, -0.05) is 18.1 Å². The predicted octanol–water partition coefficient (Wildman–Crippen LogP) is 2.69. The van der Waals surface area contributed by atoms with E-state index in [1.54, 1.807) is 0 Å². The first-order chi connectivity index (χ1) is 12.3. The number of aryl methyl sites for hydroxylation is 2. The van der Waals surface area contributed by atoms with Crippen molar-refractivity contribution in [2.45, 2.75) is 57.9 Å². The molecule has 7 heteroatoms. The van der Waals surface area contributed by atoms with Gasteiger partial charge >= 0.3 is 6.03 Å². The molecule has 1 aromatic heterocycles. The van der Waals surface area contributed by atoms with E-state index in [-0.39, 0.29) is 6.03 Å². The summed E-state index contributed by atoms with van der Waals surface area (Å²) < 4.78 is 2.28. The Morgan fingerprint density at radius 2 is 2.00 bits per heavy atom. The van der Waals surface area contributed by atoms with E-state index in [1.165, 1.54) is 36.3 Å². The van der Waals surface area contributed by atoms with Gasteiger partial charge in [0.1, 0.15) is 11.6 Å². The van der Waals surface area contributed by atoms with Gasteiger partial charge in [-0.2, -0.15) is 11.8 Å². The zero-order valence-electron chi connectivity index (χ0n) is 14.9. The Morgan fingerprint density at radius 1 is 1.12 bits per heavy atom. The van der Waals surface area contributed by atoms with Crippen molar-refractivity contribution in [3.63, 3.8) is 0 Å². The fourth-order valence-corrected chi connectivity index (χ4v) is 4.38. The molecule has 2 aliphatic rings. The maximum atomic E-state index is 11.8. The minimum absolute atomic E-state index is 0.0814. The van der Waals surface area contributed by atoms with E-state index in [9.17, 15) is 4.79 Å². The number of urea groups is 1. The number of thioether (sulfide) groups is 1. The number of nitrogens with zero attached hydrogens (tertiary/aromatic N) is 3. The number of rotatable bonds is 6. The van der Waals surface area contributed by atoms with Crippen LogP contribution in [0.2, 0.25) is 0 Å². The average molecular weight is 364 g/mol. The van der Waals surface area contributed by atoms with E-state index in [4.69, 9.17) is 0 Å². The number of aromatic nitrogens is 3.